The first-order valence-corrected chi connectivity index (χ1v) is 10.2. The number of benzene rings is 3. The molecular weight excluding hydrogens is 342 g/mol. The molecule has 0 fully saturated rings. The summed E-state index contributed by atoms with van der Waals surface area (Å²) < 4.78 is 28.2. The van der Waals surface area contributed by atoms with Crippen LogP contribution < -0.4 is 4.72 Å². The lowest BCUT2D eigenvalue weighted by molar-refractivity contribution is 0.578. The highest BCUT2D eigenvalue weighted by atomic mass is 32.2. The molecule has 0 saturated carbocycles. The summed E-state index contributed by atoms with van der Waals surface area (Å²) in [5, 5.41) is 0. The Balaban J connectivity index is 1.67. The maximum Gasteiger partial charge on any atom is 0.240 e. The second-order valence-electron chi connectivity index (χ2n) is 6.84. The summed E-state index contributed by atoms with van der Waals surface area (Å²) >= 11 is 0. The van der Waals surface area contributed by atoms with Gasteiger partial charge < -0.3 is 0 Å². The van der Waals surface area contributed by atoms with Gasteiger partial charge in [-0.15, -0.1) is 0 Å². The van der Waals surface area contributed by atoms with Crippen LogP contribution in [0.15, 0.2) is 71.6 Å². The Hall–Kier alpha value is -2.43. The zero-order valence-corrected chi connectivity index (χ0v) is 15.7. The molecule has 0 bridgehead atoms. The van der Waals surface area contributed by atoms with Crippen molar-refractivity contribution in [3.05, 3.63) is 89.0 Å². The van der Waals surface area contributed by atoms with E-state index in [1.807, 2.05) is 37.3 Å². The first-order valence-electron chi connectivity index (χ1n) is 8.72. The van der Waals surface area contributed by atoms with Crippen LogP contribution in [0.1, 0.15) is 28.2 Å². The summed E-state index contributed by atoms with van der Waals surface area (Å²) in [5.41, 5.74) is 7.08. The molecule has 26 heavy (non-hydrogen) atoms. The highest BCUT2D eigenvalue weighted by Crippen LogP contribution is 2.45. The minimum absolute atomic E-state index is 0.0290. The van der Waals surface area contributed by atoms with Crippen molar-refractivity contribution in [3.8, 4) is 11.1 Å². The highest BCUT2D eigenvalue weighted by Gasteiger charge is 2.30. The van der Waals surface area contributed by atoms with Crippen LogP contribution in [-0.2, 0) is 10.0 Å². The second-order valence-corrected chi connectivity index (χ2v) is 8.61. The maximum atomic E-state index is 12.7. The van der Waals surface area contributed by atoms with E-state index in [2.05, 4.69) is 35.9 Å². The lowest BCUT2D eigenvalue weighted by Gasteiger charge is -2.15. The molecule has 0 aromatic heterocycles. The summed E-state index contributed by atoms with van der Waals surface area (Å²) in [6, 6.07) is 21.5. The molecule has 1 atom stereocenters. The van der Waals surface area contributed by atoms with E-state index >= 15 is 0 Å². The van der Waals surface area contributed by atoms with E-state index in [9.17, 15) is 8.42 Å². The number of rotatable bonds is 4. The van der Waals surface area contributed by atoms with Gasteiger partial charge in [-0.1, -0.05) is 60.2 Å². The van der Waals surface area contributed by atoms with Gasteiger partial charge in [-0.3, -0.25) is 0 Å². The molecule has 3 nitrogen and oxygen atoms in total. The van der Waals surface area contributed by atoms with E-state index < -0.39 is 10.0 Å². The van der Waals surface area contributed by atoms with E-state index in [0.717, 1.165) is 5.56 Å². The number of hydrogen-bond acceptors (Lipinski definition) is 2. The van der Waals surface area contributed by atoms with Gasteiger partial charge in [0.25, 0.3) is 0 Å². The fourth-order valence-corrected chi connectivity index (χ4v) is 4.81. The molecule has 0 heterocycles. The normalized spacial score (nSPS) is 15.5. The summed E-state index contributed by atoms with van der Waals surface area (Å²) in [4.78, 5) is 0.304. The van der Waals surface area contributed by atoms with Gasteiger partial charge in [-0.25, -0.2) is 13.1 Å². The molecule has 1 aliphatic rings. The standard InChI is InChI=1S/C22H21NO2S/c1-15-10-12-17(13-11-15)26(24,25)23-14-21-18-7-3-4-8-19(18)22-16(2)6-5-9-20(21)22/h3-13,21,23H,14H2,1-2H3. The van der Waals surface area contributed by atoms with Gasteiger partial charge in [0.2, 0.25) is 10.0 Å². The van der Waals surface area contributed by atoms with Gasteiger partial charge in [-0.05, 0) is 53.8 Å². The molecule has 4 rings (SSSR count). The largest absolute Gasteiger partial charge is 0.240 e. The fourth-order valence-electron chi connectivity index (χ4n) is 3.76. The topological polar surface area (TPSA) is 46.2 Å². The minimum atomic E-state index is -3.53. The molecule has 0 amide bonds. The van der Waals surface area contributed by atoms with Gasteiger partial charge in [0.15, 0.2) is 0 Å². The summed E-state index contributed by atoms with van der Waals surface area (Å²) in [6.07, 6.45) is 0. The van der Waals surface area contributed by atoms with Crippen LogP contribution >= 0.6 is 0 Å². The van der Waals surface area contributed by atoms with Gasteiger partial charge in [0, 0.05) is 12.5 Å². The molecule has 3 aromatic carbocycles. The lowest BCUT2D eigenvalue weighted by Crippen LogP contribution is -2.28. The van der Waals surface area contributed by atoms with Crippen LogP contribution in [0.3, 0.4) is 0 Å². The first kappa shape index (κ1) is 17.0. The van der Waals surface area contributed by atoms with Crippen LogP contribution in [0, 0.1) is 13.8 Å². The molecule has 4 heteroatoms. The number of nitrogens with one attached hydrogen (secondary N) is 1. The van der Waals surface area contributed by atoms with Crippen LogP contribution in [0.2, 0.25) is 0 Å². The van der Waals surface area contributed by atoms with E-state index in [1.54, 1.807) is 12.1 Å². The predicted molar refractivity (Wildman–Crippen MR) is 105 cm³/mol. The summed E-state index contributed by atoms with van der Waals surface area (Å²) in [7, 11) is -3.53. The molecule has 0 aliphatic heterocycles. The van der Waals surface area contributed by atoms with Crippen molar-refractivity contribution < 1.29 is 8.42 Å². The smallest absolute Gasteiger partial charge is 0.210 e. The van der Waals surface area contributed by atoms with Crippen LogP contribution in [0.25, 0.3) is 11.1 Å². The molecule has 0 saturated heterocycles. The third-order valence-electron chi connectivity index (χ3n) is 5.09. The Bertz CT molecular complexity index is 1070. The first-order chi connectivity index (χ1) is 12.5. The van der Waals surface area contributed by atoms with Crippen molar-refractivity contribution in [1.29, 1.82) is 0 Å². The molecule has 1 aliphatic carbocycles. The average Bonchev–Trinajstić information content (AvgIpc) is 2.95. The van der Waals surface area contributed by atoms with Gasteiger partial charge >= 0.3 is 0 Å². The van der Waals surface area contributed by atoms with Crippen LogP contribution in [-0.4, -0.2) is 15.0 Å². The Morgan fingerprint density at radius 2 is 1.54 bits per heavy atom. The fraction of sp³-hybridized carbons (Fsp3) is 0.182. The molecule has 1 N–H and O–H groups in total. The van der Waals surface area contributed by atoms with Crippen molar-refractivity contribution in [2.24, 2.45) is 0 Å². The predicted octanol–water partition coefficient (Wildman–Crippen LogP) is 4.39. The van der Waals surface area contributed by atoms with Crippen molar-refractivity contribution in [3.63, 3.8) is 0 Å². The van der Waals surface area contributed by atoms with E-state index in [-0.39, 0.29) is 5.92 Å². The summed E-state index contributed by atoms with van der Waals surface area (Å²) in [6.45, 7) is 4.40. The zero-order chi connectivity index (χ0) is 18.3. The number of aryl methyl sites for hydroxylation is 2. The van der Waals surface area contributed by atoms with Gasteiger partial charge in [-0.2, -0.15) is 0 Å². The Kier molecular flexibility index (Phi) is 4.17. The minimum Gasteiger partial charge on any atom is -0.210 e. The molecule has 0 spiro atoms. The third-order valence-corrected chi connectivity index (χ3v) is 6.53. The number of sulfonamides is 1. The summed E-state index contributed by atoms with van der Waals surface area (Å²) in [5.74, 6) is 0.0290. The quantitative estimate of drug-likeness (QED) is 0.747. The van der Waals surface area contributed by atoms with Crippen molar-refractivity contribution in [1.82, 2.24) is 4.72 Å². The van der Waals surface area contributed by atoms with Gasteiger partial charge in [0.05, 0.1) is 4.90 Å². The Morgan fingerprint density at radius 3 is 2.31 bits per heavy atom. The van der Waals surface area contributed by atoms with Crippen molar-refractivity contribution in [2.75, 3.05) is 6.54 Å². The van der Waals surface area contributed by atoms with Crippen LogP contribution in [0.4, 0.5) is 0 Å². The Labute approximate surface area is 154 Å². The van der Waals surface area contributed by atoms with E-state index in [1.165, 1.54) is 27.8 Å². The zero-order valence-electron chi connectivity index (χ0n) is 14.9. The molecule has 132 valence electrons. The lowest BCUT2D eigenvalue weighted by atomic mass is 9.96. The van der Waals surface area contributed by atoms with Crippen molar-refractivity contribution >= 4 is 10.0 Å². The Morgan fingerprint density at radius 1 is 0.846 bits per heavy atom. The number of hydrogen-bond donors (Lipinski definition) is 1. The SMILES string of the molecule is Cc1ccc(S(=O)(=O)NCC2c3ccccc3-c3c(C)cccc32)cc1. The van der Waals surface area contributed by atoms with Crippen molar-refractivity contribution in [2.45, 2.75) is 24.7 Å². The average molecular weight is 363 g/mol. The molecular formula is C22H21NO2S. The maximum absolute atomic E-state index is 12.7. The highest BCUT2D eigenvalue weighted by molar-refractivity contribution is 7.89. The number of fused-ring (bicyclic) bond motifs is 3. The van der Waals surface area contributed by atoms with Crippen LogP contribution in [0.5, 0.6) is 0 Å². The third kappa shape index (κ3) is 2.85. The molecule has 0 radical (unpaired) electrons. The van der Waals surface area contributed by atoms with E-state index in [0.29, 0.717) is 11.4 Å². The molecule has 3 aromatic rings. The second kappa shape index (κ2) is 6.38. The monoisotopic (exact) mass is 363 g/mol. The molecule has 1 unspecified atom stereocenters. The van der Waals surface area contributed by atoms with E-state index in [4.69, 9.17) is 0 Å². The van der Waals surface area contributed by atoms with Gasteiger partial charge in [0.1, 0.15) is 0 Å².